The van der Waals surface area contributed by atoms with Gasteiger partial charge in [0, 0.05) is 33.9 Å². The summed E-state index contributed by atoms with van der Waals surface area (Å²) in [5.74, 6) is -0.232. The van der Waals surface area contributed by atoms with Crippen molar-refractivity contribution in [1.29, 1.82) is 0 Å². The van der Waals surface area contributed by atoms with Crippen LogP contribution in [0, 0.1) is 5.82 Å². The van der Waals surface area contributed by atoms with Crippen molar-refractivity contribution in [1.82, 2.24) is 4.90 Å². The zero-order valence-corrected chi connectivity index (χ0v) is 12.1. The summed E-state index contributed by atoms with van der Waals surface area (Å²) >= 11 is 3.20. The lowest BCUT2D eigenvalue weighted by Gasteiger charge is -2.15. The Kier molecular flexibility index (Phi) is 4.72. The standard InChI is InChI=1S/C13H17BrFNO2/c1-17-12-7-16(8-13(12)18-2)6-9-3-4-11(15)10(14)5-9/h3-5,12-13H,6-8H2,1-2H3. The lowest BCUT2D eigenvalue weighted by atomic mass is 10.2. The Morgan fingerprint density at radius 2 is 1.89 bits per heavy atom. The van der Waals surface area contributed by atoms with Crippen LogP contribution in [0.4, 0.5) is 4.39 Å². The molecule has 0 aliphatic carbocycles. The first-order valence-corrected chi connectivity index (χ1v) is 6.65. The molecule has 5 heteroatoms. The number of methoxy groups -OCH3 is 2. The molecule has 1 aromatic rings. The number of ether oxygens (including phenoxy) is 2. The van der Waals surface area contributed by atoms with Gasteiger partial charge in [0.1, 0.15) is 5.82 Å². The van der Waals surface area contributed by atoms with Crippen molar-refractivity contribution in [3.63, 3.8) is 0 Å². The third-order valence-electron chi connectivity index (χ3n) is 3.29. The fourth-order valence-electron chi connectivity index (χ4n) is 2.30. The van der Waals surface area contributed by atoms with E-state index in [-0.39, 0.29) is 18.0 Å². The molecule has 1 aliphatic heterocycles. The van der Waals surface area contributed by atoms with E-state index in [1.165, 1.54) is 6.07 Å². The second-order valence-electron chi connectivity index (χ2n) is 4.49. The van der Waals surface area contributed by atoms with Gasteiger partial charge in [0.25, 0.3) is 0 Å². The van der Waals surface area contributed by atoms with Crippen LogP contribution in [0.2, 0.25) is 0 Å². The molecule has 1 heterocycles. The second-order valence-corrected chi connectivity index (χ2v) is 5.35. The first-order valence-electron chi connectivity index (χ1n) is 5.86. The third-order valence-corrected chi connectivity index (χ3v) is 3.89. The fraction of sp³-hybridized carbons (Fsp3) is 0.538. The maximum Gasteiger partial charge on any atom is 0.137 e. The molecule has 100 valence electrons. The molecule has 0 bridgehead atoms. The predicted octanol–water partition coefficient (Wildman–Crippen LogP) is 2.43. The van der Waals surface area contributed by atoms with Crippen molar-refractivity contribution in [2.45, 2.75) is 18.8 Å². The maximum absolute atomic E-state index is 13.1. The Bertz CT molecular complexity index is 404. The van der Waals surface area contributed by atoms with Crippen molar-refractivity contribution in [3.8, 4) is 0 Å². The van der Waals surface area contributed by atoms with Crippen molar-refractivity contribution in [3.05, 3.63) is 34.1 Å². The fourth-order valence-corrected chi connectivity index (χ4v) is 2.72. The average molecular weight is 318 g/mol. The van der Waals surface area contributed by atoms with E-state index in [0.717, 1.165) is 25.2 Å². The summed E-state index contributed by atoms with van der Waals surface area (Å²) < 4.78 is 24.4. The second kappa shape index (κ2) is 6.10. The highest BCUT2D eigenvalue weighted by atomic mass is 79.9. The SMILES string of the molecule is COC1CN(Cc2ccc(F)c(Br)c2)CC1OC. The van der Waals surface area contributed by atoms with Crippen LogP contribution in [-0.2, 0) is 16.0 Å². The summed E-state index contributed by atoms with van der Waals surface area (Å²) in [6.45, 7) is 2.45. The highest BCUT2D eigenvalue weighted by Crippen LogP contribution is 2.21. The van der Waals surface area contributed by atoms with Crippen molar-refractivity contribution >= 4 is 15.9 Å². The quantitative estimate of drug-likeness (QED) is 0.851. The molecule has 0 spiro atoms. The number of nitrogens with zero attached hydrogens (tertiary/aromatic N) is 1. The van der Waals surface area contributed by atoms with Gasteiger partial charge in [0.15, 0.2) is 0 Å². The van der Waals surface area contributed by atoms with E-state index >= 15 is 0 Å². The molecule has 1 aromatic carbocycles. The zero-order valence-electron chi connectivity index (χ0n) is 10.5. The number of halogens is 2. The Balaban J connectivity index is 2.00. The monoisotopic (exact) mass is 317 g/mol. The summed E-state index contributed by atoms with van der Waals surface area (Å²) in [5, 5.41) is 0. The summed E-state index contributed by atoms with van der Waals surface area (Å²) in [6, 6.07) is 5.11. The Labute approximate surface area is 115 Å². The van der Waals surface area contributed by atoms with Crippen LogP contribution in [0.25, 0.3) is 0 Å². The molecular weight excluding hydrogens is 301 g/mol. The topological polar surface area (TPSA) is 21.7 Å². The van der Waals surface area contributed by atoms with Crippen LogP contribution < -0.4 is 0 Å². The molecule has 0 amide bonds. The molecule has 0 saturated carbocycles. The number of hydrogen-bond acceptors (Lipinski definition) is 3. The highest BCUT2D eigenvalue weighted by molar-refractivity contribution is 9.10. The molecule has 0 radical (unpaired) electrons. The van der Waals surface area contributed by atoms with Crippen LogP contribution >= 0.6 is 15.9 Å². The smallest absolute Gasteiger partial charge is 0.137 e. The van der Waals surface area contributed by atoms with Gasteiger partial charge in [0.05, 0.1) is 16.7 Å². The van der Waals surface area contributed by atoms with Gasteiger partial charge in [-0.15, -0.1) is 0 Å². The van der Waals surface area contributed by atoms with E-state index < -0.39 is 0 Å². The van der Waals surface area contributed by atoms with Crippen LogP contribution in [0.3, 0.4) is 0 Å². The summed E-state index contributed by atoms with van der Waals surface area (Å²) in [6.07, 6.45) is 0.220. The molecule has 18 heavy (non-hydrogen) atoms. The molecule has 1 aliphatic rings. The minimum Gasteiger partial charge on any atom is -0.377 e. The summed E-state index contributed by atoms with van der Waals surface area (Å²) in [5.41, 5.74) is 1.08. The van der Waals surface area contributed by atoms with Gasteiger partial charge in [0.2, 0.25) is 0 Å². The number of rotatable bonds is 4. The Hall–Kier alpha value is -0.490. The predicted molar refractivity (Wildman–Crippen MR) is 71.0 cm³/mol. The van der Waals surface area contributed by atoms with E-state index in [0.29, 0.717) is 4.47 Å². The molecule has 2 unspecified atom stereocenters. The average Bonchev–Trinajstić information content (AvgIpc) is 2.76. The molecule has 3 nitrogen and oxygen atoms in total. The Morgan fingerprint density at radius 1 is 1.28 bits per heavy atom. The van der Waals surface area contributed by atoms with E-state index in [2.05, 4.69) is 20.8 Å². The molecule has 1 saturated heterocycles. The normalized spacial score (nSPS) is 24.7. The van der Waals surface area contributed by atoms with Gasteiger partial charge in [-0.3, -0.25) is 4.90 Å². The number of benzene rings is 1. The van der Waals surface area contributed by atoms with Crippen LogP contribution in [0.1, 0.15) is 5.56 Å². The van der Waals surface area contributed by atoms with Crippen molar-refractivity contribution in [2.75, 3.05) is 27.3 Å². The van der Waals surface area contributed by atoms with Crippen molar-refractivity contribution in [2.24, 2.45) is 0 Å². The highest BCUT2D eigenvalue weighted by Gasteiger charge is 2.32. The van der Waals surface area contributed by atoms with Gasteiger partial charge in [-0.1, -0.05) is 6.07 Å². The minimum absolute atomic E-state index is 0.110. The number of hydrogen-bond donors (Lipinski definition) is 0. The van der Waals surface area contributed by atoms with Crippen LogP contribution in [0.5, 0.6) is 0 Å². The first-order chi connectivity index (χ1) is 8.63. The van der Waals surface area contributed by atoms with Gasteiger partial charge in [-0.2, -0.15) is 0 Å². The Morgan fingerprint density at radius 3 is 2.39 bits per heavy atom. The molecule has 2 atom stereocenters. The molecule has 0 aromatic heterocycles. The third kappa shape index (κ3) is 3.09. The molecular formula is C13H17BrFNO2. The van der Waals surface area contributed by atoms with E-state index in [1.54, 1.807) is 14.2 Å². The van der Waals surface area contributed by atoms with E-state index in [4.69, 9.17) is 9.47 Å². The zero-order chi connectivity index (χ0) is 13.1. The summed E-state index contributed by atoms with van der Waals surface area (Å²) in [4.78, 5) is 2.25. The van der Waals surface area contributed by atoms with Gasteiger partial charge >= 0.3 is 0 Å². The van der Waals surface area contributed by atoms with Crippen LogP contribution in [-0.4, -0.2) is 44.4 Å². The van der Waals surface area contributed by atoms with Gasteiger partial charge < -0.3 is 9.47 Å². The van der Waals surface area contributed by atoms with Gasteiger partial charge in [-0.25, -0.2) is 4.39 Å². The van der Waals surface area contributed by atoms with Crippen molar-refractivity contribution < 1.29 is 13.9 Å². The molecule has 2 rings (SSSR count). The maximum atomic E-state index is 13.1. The summed E-state index contributed by atoms with van der Waals surface area (Å²) in [7, 11) is 3.41. The lowest BCUT2D eigenvalue weighted by molar-refractivity contribution is -0.00461. The van der Waals surface area contributed by atoms with Gasteiger partial charge in [-0.05, 0) is 33.6 Å². The molecule has 0 N–H and O–H groups in total. The minimum atomic E-state index is -0.232. The molecule has 1 fully saturated rings. The van der Waals surface area contributed by atoms with E-state index in [1.807, 2.05) is 12.1 Å². The number of likely N-dealkylation sites (tertiary alicyclic amines) is 1. The largest absolute Gasteiger partial charge is 0.377 e. The van der Waals surface area contributed by atoms with E-state index in [9.17, 15) is 4.39 Å². The van der Waals surface area contributed by atoms with Crippen LogP contribution in [0.15, 0.2) is 22.7 Å². The first kappa shape index (κ1) is 13.9. The lowest BCUT2D eigenvalue weighted by Crippen LogP contribution is -2.27.